The first-order chi connectivity index (χ1) is 14.4. The highest BCUT2D eigenvalue weighted by atomic mass is 79.9. The van der Waals surface area contributed by atoms with Crippen molar-refractivity contribution in [1.29, 1.82) is 0 Å². The van der Waals surface area contributed by atoms with Crippen LogP contribution in [0.5, 0.6) is 0 Å². The summed E-state index contributed by atoms with van der Waals surface area (Å²) in [5.41, 5.74) is 3.31. The molecule has 5 nitrogen and oxygen atoms in total. The highest BCUT2D eigenvalue weighted by molar-refractivity contribution is 9.10. The highest BCUT2D eigenvalue weighted by Gasteiger charge is 2.22. The van der Waals surface area contributed by atoms with Gasteiger partial charge in [0, 0.05) is 20.6 Å². The van der Waals surface area contributed by atoms with Gasteiger partial charge in [0.15, 0.2) is 0 Å². The Hall–Kier alpha value is -2.77. The van der Waals surface area contributed by atoms with Crippen molar-refractivity contribution in [3.63, 3.8) is 0 Å². The van der Waals surface area contributed by atoms with Gasteiger partial charge in [-0.3, -0.25) is 14.2 Å². The van der Waals surface area contributed by atoms with E-state index in [4.69, 9.17) is 0 Å². The van der Waals surface area contributed by atoms with E-state index in [-0.39, 0.29) is 11.5 Å². The molecular formula is C23H20BrN3O2S. The van der Waals surface area contributed by atoms with E-state index in [1.54, 1.807) is 6.92 Å². The fourth-order valence-electron chi connectivity index (χ4n) is 3.43. The minimum absolute atomic E-state index is 0.213. The van der Waals surface area contributed by atoms with E-state index >= 15 is 0 Å². The maximum absolute atomic E-state index is 13.4. The molecule has 2 aromatic heterocycles. The summed E-state index contributed by atoms with van der Waals surface area (Å²) in [6.45, 7) is 5.63. The van der Waals surface area contributed by atoms with Crippen molar-refractivity contribution >= 4 is 49.1 Å². The Morgan fingerprint density at radius 3 is 2.53 bits per heavy atom. The zero-order chi connectivity index (χ0) is 21.4. The fourth-order valence-corrected chi connectivity index (χ4v) is 4.70. The van der Waals surface area contributed by atoms with Gasteiger partial charge in [-0.15, -0.1) is 11.3 Å². The predicted octanol–water partition coefficient (Wildman–Crippen LogP) is 5.70. The summed E-state index contributed by atoms with van der Waals surface area (Å²) in [6.07, 6.45) is 1.47. The number of benzene rings is 2. The molecule has 0 radical (unpaired) electrons. The molecule has 7 heteroatoms. The zero-order valence-corrected chi connectivity index (χ0v) is 19.2. The molecule has 0 aliphatic heterocycles. The number of aryl methyl sites for hydroxylation is 2. The van der Waals surface area contributed by atoms with Crippen molar-refractivity contribution in [2.75, 3.05) is 5.32 Å². The monoisotopic (exact) mass is 481 g/mol. The number of fused-ring (bicyclic) bond motifs is 1. The van der Waals surface area contributed by atoms with E-state index in [1.807, 2.05) is 62.4 Å². The van der Waals surface area contributed by atoms with Gasteiger partial charge in [0.2, 0.25) is 5.91 Å². The van der Waals surface area contributed by atoms with E-state index in [9.17, 15) is 9.59 Å². The molecule has 0 bridgehead atoms. The number of carbonyl (C=O) groups excluding carboxylic acids is 1. The smallest absolute Gasteiger partial charge is 0.263 e. The second kappa shape index (κ2) is 8.16. The molecule has 0 saturated carbocycles. The molecule has 1 atom stereocenters. The van der Waals surface area contributed by atoms with Gasteiger partial charge in [-0.2, -0.15) is 0 Å². The van der Waals surface area contributed by atoms with E-state index in [2.05, 4.69) is 26.2 Å². The molecule has 1 unspecified atom stereocenters. The van der Waals surface area contributed by atoms with Gasteiger partial charge in [0.1, 0.15) is 10.9 Å². The summed E-state index contributed by atoms with van der Waals surface area (Å²) >= 11 is 4.94. The van der Waals surface area contributed by atoms with Crippen LogP contribution in [0, 0.1) is 13.8 Å². The second-order valence-corrected chi connectivity index (χ2v) is 9.28. The largest absolute Gasteiger partial charge is 0.324 e. The Bertz CT molecular complexity index is 1310. The van der Waals surface area contributed by atoms with E-state index in [1.165, 1.54) is 22.2 Å². The Labute approximate surface area is 186 Å². The zero-order valence-electron chi connectivity index (χ0n) is 16.8. The number of anilines is 1. The standard InChI is InChI=1S/C23H20BrN3O2S/c1-13-6-4-5-7-18(13)26-21(28)14(2)27-12-25-22-20(23(27)29)19(15(3)30-22)16-8-10-17(24)11-9-16/h4-12,14H,1-3H3,(H,26,28). The summed E-state index contributed by atoms with van der Waals surface area (Å²) < 4.78 is 2.38. The van der Waals surface area contributed by atoms with Crippen LogP contribution in [0.4, 0.5) is 5.69 Å². The maximum Gasteiger partial charge on any atom is 0.263 e. The number of hydrogen-bond donors (Lipinski definition) is 1. The summed E-state index contributed by atoms with van der Waals surface area (Å²) in [7, 11) is 0. The minimum atomic E-state index is -0.702. The molecule has 0 fully saturated rings. The fraction of sp³-hybridized carbons (Fsp3) is 0.174. The molecule has 4 aromatic rings. The molecule has 2 aromatic carbocycles. The quantitative estimate of drug-likeness (QED) is 0.406. The van der Waals surface area contributed by atoms with Gasteiger partial charge < -0.3 is 5.32 Å². The van der Waals surface area contributed by atoms with Crippen molar-refractivity contribution in [1.82, 2.24) is 9.55 Å². The van der Waals surface area contributed by atoms with Crippen LogP contribution >= 0.6 is 27.3 Å². The number of hydrogen-bond acceptors (Lipinski definition) is 4. The summed E-state index contributed by atoms with van der Waals surface area (Å²) in [6, 6.07) is 14.7. The number of thiophene rings is 1. The third-order valence-corrected chi connectivity index (χ3v) is 6.69. The Balaban J connectivity index is 1.77. The van der Waals surface area contributed by atoms with Crippen LogP contribution in [0.2, 0.25) is 0 Å². The minimum Gasteiger partial charge on any atom is -0.324 e. The van der Waals surface area contributed by atoms with Crippen molar-refractivity contribution in [3.05, 3.63) is 80.1 Å². The van der Waals surface area contributed by atoms with Crippen LogP contribution in [0.25, 0.3) is 21.3 Å². The summed E-state index contributed by atoms with van der Waals surface area (Å²) in [4.78, 5) is 32.4. The molecule has 30 heavy (non-hydrogen) atoms. The molecule has 1 amide bonds. The van der Waals surface area contributed by atoms with Crippen LogP contribution in [0.3, 0.4) is 0 Å². The first kappa shape index (κ1) is 20.5. The normalized spacial score (nSPS) is 12.1. The molecule has 4 rings (SSSR count). The molecule has 152 valence electrons. The molecule has 0 spiro atoms. The van der Waals surface area contributed by atoms with Crippen molar-refractivity contribution in [2.45, 2.75) is 26.8 Å². The lowest BCUT2D eigenvalue weighted by atomic mass is 10.0. The van der Waals surface area contributed by atoms with E-state index in [0.717, 1.165) is 31.7 Å². The Kier molecular flexibility index (Phi) is 5.58. The molecule has 0 aliphatic carbocycles. The van der Waals surface area contributed by atoms with E-state index < -0.39 is 6.04 Å². The molecule has 0 saturated heterocycles. The second-order valence-electron chi connectivity index (χ2n) is 7.16. The Morgan fingerprint density at radius 2 is 1.83 bits per heavy atom. The Morgan fingerprint density at radius 1 is 1.13 bits per heavy atom. The summed E-state index contributed by atoms with van der Waals surface area (Å²) in [5.74, 6) is -0.260. The van der Waals surface area contributed by atoms with Gasteiger partial charge in [-0.25, -0.2) is 4.98 Å². The van der Waals surface area contributed by atoms with Crippen molar-refractivity contribution < 1.29 is 4.79 Å². The third kappa shape index (κ3) is 3.70. The van der Waals surface area contributed by atoms with Gasteiger partial charge >= 0.3 is 0 Å². The molecular weight excluding hydrogens is 462 g/mol. The van der Waals surface area contributed by atoms with Gasteiger partial charge in [0.05, 0.1) is 11.7 Å². The molecule has 1 N–H and O–H groups in total. The lowest BCUT2D eigenvalue weighted by molar-refractivity contribution is -0.118. The molecule has 0 aliphatic rings. The predicted molar refractivity (Wildman–Crippen MR) is 126 cm³/mol. The van der Waals surface area contributed by atoms with Crippen LogP contribution in [0.1, 0.15) is 23.4 Å². The van der Waals surface area contributed by atoms with Crippen molar-refractivity contribution in [3.8, 4) is 11.1 Å². The van der Waals surface area contributed by atoms with E-state index in [0.29, 0.717) is 10.2 Å². The van der Waals surface area contributed by atoms with Crippen molar-refractivity contribution in [2.24, 2.45) is 0 Å². The third-order valence-electron chi connectivity index (χ3n) is 5.15. The van der Waals surface area contributed by atoms with Gasteiger partial charge in [-0.1, -0.05) is 46.3 Å². The number of halogens is 1. The topological polar surface area (TPSA) is 64.0 Å². The SMILES string of the molecule is Cc1ccccc1NC(=O)C(C)n1cnc2sc(C)c(-c3ccc(Br)cc3)c2c1=O. The molecule has 2 heterocycles. The van der Waals surface area contributed by atoms with Crippen LogP contribution in [0.15, 0.2) is 64.1 Å². The average Bonchev–Trinajstić information content (AvgIpc) is 3.07. The maximum atomic E-state index is 13.4. The average molecular weight is 482 g/mol. The number of rotatable bonds is 4. The van der Waals surface area contributed by atoms with Gasteiger partial charge in [-0.05, 0) is 50.1 Å². The first-order valence-corrected chi connectivity index (χ1v) is 11.1. The lowest BCUT2D eigenvalue weighted by Crippen LogP contribution is -2.31. The van der Waals surface area contributed by atoms with Crippen LogP contribution in [-0.2, 0) is 4.79 Å². The van der Waals surface area contributed by atoms with Crippen LogP contribution in [-0.4, -0.2) is 15.5 Å². The van der Waals surface area contributed by atoms with Gasteiger partial charge in [0.25, 0.3) is 5.56 Å². The number of para-hydroxylation sites is 1. The highest BCUT2D eigenvalue weighted by Crippen LogP contribution is 2.36. The summed E-state index contributed by atoms with van der Waals surface area (Å²) in [5, 5.41) is 3.47. The first-order valence-electron chi connectivity index (χ1n) is 9.49. The number of carbonyl (C=O) groups is 1. The lowest BCUT2D eigenvalue weighted by Gasteiger charge is -2.16. The number of amides is 1. The number of nitrogens with one attached hydrogen (secondary N) is 1. The number of aromatic nitrogens is 2. The van der Waals surface area contributed by atoms with Crippen LogP contribution < -0.4 is 10.9 Å². The number of nitrogens with zero attached hydrogens (tertiary/aromatic N) is 2.